The average molecular weight is 300 g/mol. The van der Waals surface area contributed by atoms with E-state index in [1.165, 1.54) is 6.07 Å². The van der Waals surface area contributed by atoms with E-state index in [2.05, 4.69) is 20.4 Å². The molecule has 3 rings (SSSR count). The van der Waals surface area contributed by atoms with Crippen LogP contribution in [0, 0.1) is 13.8 Å². The minimum atomic E-state index is -0.661. The summed E-state index contributed by atoms with van der Waals surface area (Å²) in [6.45, 7) is 3.49. The van der Waals surface area contributed by atoms with Crippen molar-refractivity contribution in [3.8, 4) is 5.75 Å². The predicted molar refractivity (Wildman–Crippen MR) is 81.4 cm³/mol. The summed E-state index contributed by atoms with van der Waals surface area (Å²) < 4.78 is 0. The molecule has 0 amide bonds. The first-order valence-electron chi connectivity index (χ1n) is 6.83. The number of hydrogen-bond acceptors (Lipinski definition) is 3. The Morgan fingerprint density at radius 2 is 1.36 bits per heavy atom. The van der Waals surface area contributed by atoms with Crippen molar-refractivity contribution < 1.29 is 5.11 Å². The van der Waals surface area contributed by atoms with Crippen LogP contribution in [0.4, 0.5) is 0 Å². The van der Waals surface area contributed by atoms with Gasteiger partial charge >= 0.3 is 0 Å². The van der Waals surface area contributed by atoms with Gasteiger partial charge in [-0.3, -0.25) is 19.8 Å². The molecule has 5 N–H and O–H groups in total. The molecule has 114 valence electrons. The Morgan fingerprint density at radius 1 is 0.864 bits per heavy atom. The Kier molecular flexibility index (Phi) is 3.25. The van der Waals surface area contributed by atoms with E-state index in [0.717, 1.165) is 0 Å². The van der Waals surface area contributed by atoms with Gasteiger partial charge in [0.15, 0.2) is 0 Å². The van der Waals surface area contributed by atoms with Crippen LogP contribution in [0.2, 0.25) is 0 Å². The van der Waals surface area contributed by atoms with Gasteiger partial charge in [0.2, 0.25) is 0 Å². The van der Waals surface area contributed by atoms with Crippen molar-refractivity contribution in [3.63, 3.8) is 0 Å². The van der Waals surface area contributed by atoms with Gasteiger partial charge in [-0.2, -0.15) is 0 Å². The maximum Gasteiger partial charge on any atom is 0.268 e. The molecule has 0 unspecified atom stereocenters. The highest BCUT2D eigenvalue weighted by atomic mass is 16.3. The number of aryl methyl sites for hydroxylation is 2. The summed E-state index contributed by atoms with van der Waals surface area (Å²) in [5, 5.41) is 20.8. The van der Waals surface area contributed by atoms with Crippen LogP contribution in [0.1, 0.15) is 34.0 Å². The molecule has 7 nitrogen and oxygen atoms in total. The average Bonchev–Trinajstić information content (AvgIpc) is 2.99. The third kappa shape index (κ3) is 2.07. The van der Waals surface area contributed by atoms with Crippen LogP contribution >= 0.6 is 0 Å². The molecule has 3 aromatic rings. The van der Waals surface area contributed by atoms with Crippen molar-refractivity contribution in [1.82, 2.24) is 20.4 Å². The van der Waals surface area contributed by atoms with Crippen LogP contribution in [0.3, 0.4) is 0 Å². The van der Waals surface area contributed by atoms with Crippen LogP contribution in [-0.4, -0.2) is 25.5 Å². The molecule has 22 heavy (non-hydrogen) atoms. The van der Waals surface area contributed by atoms with Gasteiger partial charge in [0, 0.05) is 17.0 Å². The number of rotatable bonds is 3. The molecule has 0 aliphatic rings. The lowest BCUT2D eigenvalue weighted by Gasteiger charge is -2.16. The lowest BCUT2D eigenvalue weighted by Crippen LogP contribution is -2.20. The zero-order chi connectivity index (χ0) is 15.9. The normalized spacial score (nSPS) is 11.2. The summed E-state index contributed by atoms with van der Waals surface area (Å²) in [5.41, 5.74) is 1.95. The fraction of sp³-hybridized carbons (Fsp3) is 0.200. The second-order valence-corrected chi connectivity index (χ2v) is 5.23. The van der Waals surface area contributed by atoms with Gasteiger partial charge in [-0.05, 0) is 19.9 Å². The van der Waals surface area contributed by atoms with Gasteiger partial charge in [0.05, 0.1) is 17.0 Å². The maximum absolute atomic E-state index is 12.2. The molecule has 0 bridgehead atoms. The summed E-state index contributed by atoms with van der Waals surface area (Å²) in [4.78, 5) is 24.4. The second kappa shape index (κ2) is 5.10. The van der Waals surface area contributed by atoms with Crippen molar-refractivity contribution in [2.75, 3.05) is 0 Å². The van der Waals surface area contributed by atoms with Gasteiger partial charge in [-0.25, -0.2) is 0 Å². The number of H-pyrrole nitrogens is 4. The Morgan fingerprint density at radius 3 is 1.77 bits per heavy atom. The Labute approximate surface area is 125 Å². The van der Waals surface area contributed by atoms with Crippen molar-refractivity contribution in [3.05, 3.63) is 73.1 Å². The number of para-hydroxylation sites is 1. The highest BCUT2D eigenvalue weighted by Crippen LogP contribution is 2.35. The number of nitrogens with one attached hydrogen (secondary N) is 4. The molecular formula is C15H16N4O3. The largest absolute Gasteiger partial charge is 0.508 e. The van der Waals surface area contributed by atoms with Gasteiger partial charge in [-0.15, -0.1) is 0 Å². The number of phenolic OH excluding ortho intramolecular Hbond substituents is 1. The molecule has 0 radical (unpaired) electrons. The second-order valence-electron chi connectivity index (χ2n) is 5.23. The molecule has 0 saturated carbocycles. The number of phenols is 1. The zero-order valence-corrected chi connectivity index (χ0v) is 12.2. The van der Waals surface area contributed by atoms with Crippen molar-refractivity contribution in [2.24, 2.45) is 0 Å². The van der Waals surface area contributed by atoms with E-state index < -0.39 is 5.92 Å². The zero-order valence-electron chi connectivity index (χ0n) is 12.2. The smallest absolute Gasteiger partial charge is 0.268 e. The van der Waals surface area contributed by atoms with Crippen LogP contribution in [0.5, 0.6) is 5.75 Å². The maximum atomic E-state index is 12.2. The van der Waals surface area contributed by atoms with Gasteiger partial charge < -0.3 is 15.3 Å². The molecule has 7 heteroatoms. The Balaban J connectivity index is 2.36. The van der Waals surface area contributed by atoms with E-state index in [4.69, 9.17) is 0 Å². The monoisotopic (exact) mass is 300 g/mol. The van der Waals surface area contributed by atoms with E-state index in [-0.39, 0.29) is 16.9 Å². The van der Waals surface area contributed by atoms with Crippen LogP contribution in [-0.2, 0) is 0 Å². The van der Waals surface area contributed by atoms with E-state index in [1.807, 2.05) is 0 Å². The molecule has 0 saturated heterocycles. The van der Waals surface area contributed by atoms with Crippen molar-refractivity contribution in [1.29, 1.82) is 0 Å². The highest BCUT2D eigenvalue weighted by molar-refractivity contribution is 5.49. The van der Waals surface area contributed by atoms with Gasteiger partial charge in [-0.1, -0.05) is 18.2 Å². The molecule has 0 fully saturated rings. The molecule has 0 atom stereocenters. The number of aromatic nitrogens is 4. The van der Waals surface area contributed by atoms with E-state index in [9.17, 15) is 14.7 Å². The van der Waals surface area contributed by atoms with Crippen molar-refractivity contribution in [2.45, 2.75) is 19.8 Å². The first-order chi connectivity index (χ1) is 10.5. The van der Waals surface area contributed by atoms with Crippen LogP contribution < -0.4 is 11.1 Å². The molecule has 2 heterocycles. The Bertz CT molecular complexity index is 874. The SMILES string of the molecule is Cc1[nH][nH]c(=O)c1C(c1ccccc1O)c1c(C)[nH][nH]c1=O. The standard InChI is InChI=1S/C15H16N4O3/c1-7-11(14(21)18-16-7)13(9-5-3-4-6-10(9)20)12-8(2)17-19-15(12)22/h3-6,13,20H,1-2H3,(H2,16,18,21)(H2,17,19,22). The molecule has 0 aliphatic heterocycles. The minimum absolute atomic E-state index is 0.0347. The van der Waals surface area contributed by atoms with Crippen LogP contribution in [0.25, 0.3) is 0 Å². The van der Waals surface area contributed by atoms with Gasteiger partial charge in [0.25, 0.3) is 11.1 Å². The van der Waals surface area contributed by atoms with Crippen molar-refractivity contribution >= 4 is 0 Å². The molecule has 0 spiro atoms. The lowest BCUT2D eigenvalue weighted by atomic mass is 9.85. The van der Waals surface area contributed by atoms with Crippen LogP contribution in [0.15, 0.2) is 33.9 Å². The van der Waals surface area contributed by atoms with Gasteiger partial charge in [0.1, 0.15) is 5.75 Å². The summed E-state index contributed by atoms with van der Waals surface area (Å²) in [5.74, 6) is -0.626. The lowest BCUT2D eigenvalue weighted by molar-refractivity contribution is 0.467. The topological polar surface area (TPSA) is 118 Å². The fourth-order valence-corrected chi connectivity index (χ4v) is 2.79. The summed E-state index contributed by atoms with van der Waals surface area (Å²) in [6, 6.07) is 6.69. The fourth-order valence-electron chi connectivity index (χ4n) is 2.79. The highest BCUT2D eigenvalue weighted by Gasteiger charge is 2.29. The third-order valence-corrected chi connectivity index (χ3v) is 3.85. The molecule has 2 aromatic heterocycles. The predicted octanol–water partition coefficient (Wildman–Crippen LogP) is 1.22. The summed E-state index contributed by atoms with van der Waals surface area (Å²) >= 11 is 0. The quantitative estimate of drug-likeness (QED) is 0.500. The van der Waals surface area contributed by atoms with E-state index in [1.54, 1.807) is 32.0 Å². The van der Waals surface area contributed by atoms with E-state index >= 15 is 0 Å². The molecule has 1 aromatic carbocycles. The summed E-state index contributed by atoms with van der Waals surface area (Å²) in [7, 11) is 0. The third-order valence-electron chi connectivity index (χ3n) is 3.85. The molecule has 0 aliphatic carbocycles. The molecular weight excluding hydrogens is 284 g/mol. The van der Waals surface area contributed by atoms with E-state index in [0.29, 0.717) is 28.1 Å². The number of benzene rings is 1. The summed E-state index contributed by atoms with van der Waals surface area (Å²) in [6.07, 6.45) is 0. The Hall–Kier alpha value is -2.96. The number of aromatic amines is 4. The minimum Gasteiger partial charge on any atom is -0.508 e. The number of aromatic hydroxyl groups is 1. The number of hydrogen-bond donors (Lipinski definition) is 5. The first kappa shape index (κ1) is 14.0. The first-order valence-corrected chi connectivity index (χ1v) is 6.83.